The second kappa shape index (κ2) is 5.01. The van der Waals surface area contributed by atoms with Gasteiger partial charge in [-0.1, -0.05) is 6.07 Å². The van der Waals surface area contributed by atoms with Crippen LogP contribution in [-0.2, 0) is 6.54 Å². The number of fused-ring (bicyclic) bond motifs is 1. The summed E-state index contributed by atoms with van der Waals surface area (Å²) in [4.78, 5) is 12.1. The number of ether oxygens (including phenoxy) is 1. The number of methoxy groups -OCH3 is 1. The van der Waals surface area contributed by atoms with Gasteiger partial charge in [0.2, 0.25) is 0 Å². The van der Waals surface area contributed by atoms with Crippen molar-refractivity contribution in [3.05, 3.63) is 40.8 Å². The van der Waals surface area contributed by atoms with Gasteiger partial charge in [-0.2, -0.15) is 0 Å². The van der Waals surface area contributed by atoms with Gasteiger partial charge in [0.1, 0.15) is 5.75 Å². The summed E-state index contributed by atoms with van der Waals surface area (Å²) in [6.45, 7) is 0.616. The number of nitrogens with zero attached hydrogens (tertiary/aromatic N) is 1. The van der Waals surface area contributed by atoms with Crippen molar-refractivity contribution in [3.8, 4) is 5.75 Å². The molecule has 0 amide bonds. The fourth-order valence-electron chi connectivity index (χ4n) is 1.80. The van der Waals surface area contributed by atoms with Crippen LogP contribution < -0.4 is 10.3 Å². The number of aryl methyl sites for hydroxylation is 1. The van der Waals surface area contributed by atoms with E-state index in [0.717, 1.165) is 5.39 Å². The summed E-state index contributed by atoms with van der Waals surface area (Å²) in [6.07, 6.45) is 2.34. The molecule has 1 aromatic carbocycles. The molecule has 0 atom stereocenters. The van der Waals surface area contributed by atoms with Gasteiger partial charge in [0.15, 0.2) is 0 Å². The van der Waals surface area contributed by atoms with Crippen LogP contribution in [0.5, 0.6) is 5.75 Å². The molecule has 0 saturated carbocycles. The summed E-state index contributed by atoms with van der Waals surface area (Å²) in [6, 6.07) is 7.34. The van der Waals surface area contributed by atoms with Crippen molar-refractivity contribution < 1.29 is 9.84 Å². The Morgan fingerprint density at radius 2 is 2.18 bits per heavy atom. The van der Waals surface area contributed by atoms with E-state index in [1.807, 2.05) is 18.2 Å². The lowest BCUT2D eigenvalue weighted by Crippen LogP contribution is -2.20. The minimum Gasteiger partial charge on any atom is -0.497 e. The van der Waals surface area contributed by atoms with E-state index in [1.54, 1.807) is 23.9 Å². The van der Waals surface area contributed by atoms with Gasteiger partial charge in [-0.3, -0.25) is 4.79 Å². The first kappa shape index (κ1) is 11.7. The molecule has 1 aromatic heterocycles. The molecule has 0 unspecified atom stereocenters. The van der Waals surface area contributed by atoms with E-state index in [0.29, 0.717) is 24.1 Å². The number of aliphatic hydroxyl groups excluding tert-OH is 1. The average Bonchev–Trinajstić information content (AvgIpc) is 2.38. The Labute approximate surface area is 99.1 Å². The predicted molar refractivity (Wildman–Crippen MR) is 66.5 cm³/mol. The number of hydrogen-bond acceptors (Lipinski definition) is 3. The summed E-state index contributed by atoms with van der Waals surface area (Å²) in [5.41, 5.74) is -0.0464. The normalized spacial score (nSPS) is 10.7. The van der Waals surface area contributed by atoms with Crippen LogP contribution in [0.4, 0.5) is 0 Å². The van der Waals surface area contributed by atoms with Crippen molar-refractivity contribution in [1.29, 1.82) is 0 Å². The molecular formula is C13H15NO3. The summed E-state index contributed by atoms with van der Waals surface area (Å²) in [5, 5.41) is 10.3. The number of pyridine rings is 1. The molecule has 0 aliphatic rings. The molecule has 0 fully saturated rings. The minimum atomic E-state index is -0.0464. The van der Waals surface area contributed by atoms with E-state index in [4.69, 9.17) is 9.84 Å². The molecule has 0 bridgehead atoms. The largest absolute Gasteiger partial charge is 0.497 e. The lowest BCUT2D eigenvalue weighted by Gasteiger charge is -2.07. The molecular weight excluding hydrogens is 218 g/mol. The van der Waals surface area contributed by atoms with Gasteiger partial charge < -0.3 is 14.4 Å². The molecule has 0 spiro atoms. The molecule has 0 saturated heterocycles. The van der Waals surface area contributed by atoms with Crippen molar-refractivity contribution in [2.75, 3.05) is 13.7 Å². The zero-order chi connectivity index (χ0) is 12.3. The van der Waals surface area contributed by atoms with Crippen LogP contribution in [0, 0.1) is 0 Å². The van der Waals surface area contributed by atoms with Gasteiger partial charge in [0, 0.05) is 19.3 Å². The van der Waals surface area contributed by atoms with Crippen molar-refractivity contribution in [3.63, 3.8) is 0 Å². The predicted octanol–water partition coefficient (Wildman–Crippen LogP) is 1.39. The van der Waals surface area contributed by atoms with Crippen LogP contribution in [0.25, 0.3) is 10.8 Å². The van der Waals surface area contributed by atoms with Crippen molar-refractivity contribution in [1.82, 2.24) is 4.57 Å². The summed E-state index contributed by atoms with van der Waals surface area (Å²) in [5.74, 6) is 0.675. The van der Waals surface area contributed by atoms with Gasteiger partial charge >= 0.3 is 0 Å². The fraction of sp³-hybridized carbons (Fsp3) is 0.308. The van der Waals surface area contributed by atoms with Crippen LogP contribution in [0.3, 0.4) is 0 Å². The first-order valence-electron chi connectivity index (χ1n) is 5.54. The number of aromatic nitrogens is 1. The Morgan fingerprint density at radius 3 is 2.88 bits per heavy atom. The Hall–Kier alpha value is -1.81. The van der Waals surface area contributed by atoms with Crippen molar-refractivity contribution >= 4 is 10.8 Å². The van der Waals surface area contributed by atoms with Gasteiger partial charge in [0.05, 0.1) is 12.5 Å². The van der Waals surface area contributed by atoms with E-state index in [-0.39, 0.29) is 12.2 Å². The number of rotatable bonds is 4. The highest BCUT2D eigenvalue weighted by Crippen LogP contribution is 2.17. The molecule has 2 aromatic rings. The Bertz CT molecular complexity index is 574. The molecule has 4 nitrogen and oxygen atoms in total. The molecule has 4 heteroatoms. The molecule has 17 heavy (non-hydrogen) atoms. The maximum Gasteiger partial charge on any atom is 0.258 e. The third kappa shape index (κ3) is 2.31. The Kier molecular flexibility index (Phi) is 3.44. The monoisotopic (exact) mass is 233 g/mol. The number of aliphatic hydroxyl groups is 1. The molecule has 0 aliphatic carbocycles. The highest BCUT2D eigenvalue weighted by molar-refractivity contribution is 5.82. The lowest BCUT2D eigenvalue weighted by molar-refractivity contribution is 0.279. The zero-order valence-corrected chi connectivity index (χ0v) is 9.72. The van der Waals surface area contributed by atoms with Crippen molar-refractivity contribution in [2.24, 2.45) is 0 Å². The lowest BCUT2D eigenvalue weighted by atomic mass is 10.1. The summed E-state index contributed by atoms with van der Waals surface area (Å²) < 4.78 is 6.72. The molecule has 0 radical (unpaired) electrons. The SMILES string of the molecule is COc1ccc2ccn(CCCO)c(=O)c2c1. The van der Waals surface area contributed by atoms with Gasteiger partial charge in [0.25, 0.3) is 5.56 Å². The first-order valence-corrected chi connectivity index (χ1v) is 5.54. The van der Waals surface area contributed by atoms with E-state index in [2.05, 4.69) is 0 Å². The van der Waals surface area contributed by atoms with E-state index < -0.39 is 0 Å². The van der Waals surface area contributed by atoms with Gasteiger partial charge in [-0.15, -0.1) is 0 Å². The second-order valence-corrected chi connectivity index (χ2v) is 3.84. The third-order valence-electron chi connectivity index (χ3n) is 2.74. The molecule has 1 N–H and O–H groups in total. The Morgan fingerprint density at radius 1 is 1.35 bits per heavy atom. The smallest absolute Gasteiger partial charge is 0.258 e. The van der Waals surface area contributed by atoms with Crippen LogP contribution >= 0.6 is 0 Å². The average molecular weight is 233 g/mol. The van der Waals surface area contributed by atoms with Crippen LogP contribution in [0.2, 0.25) is 0 Å². The molecule has 90 valence electrons. The maximum absolute atomic E-state index is 12.1. The first-order chi connectivity index (χ1) is 8.26. The van der Waals surface area contributed by atoms with E-state index in [1.165, 1.54) is 0 Å². The highest BCUT2D eigenvalue weighted by Gasteiger charge is 2.03. The standard InChI is InChI=1S/C13H15NO3/c1-17-11-4-3-10-5-7-14(6-2-8-15)13(16)12(10)9-11/h3-5,7,9,15H,2,6,8H2,1H3. The summed E-state index contributed by atoms with van der Waals surface area (Å²) >= 11 is 0. The molecule has 1 heterocycles. The van der Waals surface area contributed by atoms with Crippen LogP contribution in [0.15, 0.2) is 35.3 Å². The quantitative estimate of drug-likeness (QED) is 0.868. The topological polar surface area (TPSA) is 51.5 Å². The zero-order valence-electron chi connectivity index (χ0n) is 9.72. The Balaban J connectivity index is 2.52. The molecule has 2 rings (SSSR count). The number of benzene rings is 1. The second-order valence-electron chi connectivity index (χ2n) is 3.84. The maximum atomic E-state index is 12.1. The van der Waals surface area contributed by atoms with Crippen LogP contribution in [-0.4, -0.2) is 23.4 Å². The van der Waals surface area contributed by atoms with E-state index in [9.17, 15) is 4.79 Å². The van der Waals surface area contributed by atoms with Gasteiger partial charge in [-0.05, 0) is 30.0 Å². The third-order valence-corrected chi connectivity index (χ3v) is 2.74. The van der Waals surface area contributed by atoms with Gasteiger partial charge in [-0.25, -0.2) is 0 Å². The molecule has 0 aliphatic heterocycles. The van der Waals surface area contributed by atoms with E-state index >= 15 is 0 Å². The highest BCUT2D eigenvalue weighted by atomic mass is 16.5. The van der Waals surface area contributed by atoms with Crippen LogP contribution in [0.1, 0.15) is 6.42 Å². The minimum absolute atomic E-state index is 0.0464. The summed E-state index contributed by atoms with van der Waals surface area (Å²) in [7, 11) is 1.58. The fourth-order valence-corrected chi connectivity index (χ4v) is 1.80. The number of hydrogen-bond donors (Lipinski definition) is 1. The van der Waals surface area contributed by atoms with Crippen molar-refractivity contribution in [2.45, 2.75) is 13.0 Å².